The van der Waals surface area contributed by atoms with E-state index in [2.05, 4.69) is 29.6 Å². The molecule has 0 unspecified atom stereocenters. The van der Waals surface area contributed by atoms with E-state index in [1.807, 2.05) is 24.3 Å². The molecule has 0 saturated carbocycles. The highest BCUT2D eigenvalue weighted by Crippen LogP contribution is 2.28. The maximum absolute atomic E-state index is 5.35. The molecule has 0 aromatic heterocycles. The van der Waals surface area contributed by atoms with Gasteiger partial charge in [-0.15, -0.1) is 0 Å². The Labute approximate surface area is 114 Å². The fourth-order valence-corrected chi connectivity index (χ4v) is 1.93. The third-order valence-electron chi connectivity index (χ3n) is 2.98. The monoisotopic (exact) mass is 257 g/mol. The van der Waals surface area contributed by atoms with Gasteiger partial charge in [0.15, 0.2) is 0 Å². The summed E-state index contributed by atoms with van der Waals surface area (Å²) < 4.78 is 10.5. The first kappa shape index (κ1) is 13.3. The molecule has 0 aliphatic heterocycles. The molecule has 2 aromatic rings. The number of benzene rings is 2. The van der Waals surface area contributed by atoms with Crippen LogP contribution in [0.2, 0.25) is 0 Å². The van der Waals surface area contributed by atoms with Crippen molar-refractivity contribution in [3.8, 4) is 11.5 Å². The highest BCUT2D eigenvalue weighted by molar-refractivity contribution is 5.59. The van der Waals surface area contributed by atoms with Gasteiger partial charge in [-0.05, 0) is 24.1 Å². The summed E-state index contributed by atoms with van der Waals surface area (Å²) in [6.07, 6.45) is 0.982. The minimum Gasteiger partial charge on any atom is -0.497 e. The molecule has 2 rings (SSSR count). The quantitative estimate of drug-likeness (QED) is 0.860. The number of rotatable bonds is 6. The van der Waals surface area contributed by atoms with Crippen molar-refractivity contribution in [2.45, 2.75) is 6.42 Å². The second-order valence-electron chi connectivity index (χ2n) is 4.23. The van der Waals surface area contributed by atoms with Gasteiger partial charge in [0.25, 0.3) is 0 Å². The standard InChI is InChI=1S/C16H19NO2/c1-18-14-8-9-15(16(12-14)19-2)17-11-10-13-6-4-3-5-7-13/h3-9,12,17H,10-11H2,1-2H3. The van der Waals surface area contributed by atoms with Crippen LogP contribution in [0, 0.1) is 0 Å². The molecule has 3 nitrogen and oxygen atoms in total. The normalized spacial score (nSPS) is 10.0. The Balaban J connectivity index is 1.96. The molecule has 0 amide bonds. The first-order chi connectivity index (χ1) is 9.33. The fraction of sp³-hybridized carbons (Fsp3) is 0.250. The molecule has 0 spiro atoms. The van der Waals surface area contributed by atoms with Gasteiger partial charge in [0.1, 0.15) is 11.5 Å². The van der Waals surface area contributed by atoms with Crippen LogP contribution < -0.4 is 14.8 Å². The van der Waals surface area contributed by atoms with E-state index in [1.54, 1.807) is 14.2 Å². The molecule has 0 fully saturated rings. The first-order valence-corrected chi connectivity index (χ1v) is 6.33. The van der Waals surface area contributed by atoms with Gasteiger partial charge in [-0.25, -0.2) is 0 Å². The molecule has 100 valence electrons. The molecule has 0 atom stereocenters. The Hall–Kier alpha value is -2.16. The lowest BCUT2D eigenvalue weighted by Gasteiger charge is -2.12. The van der Waals surface area contributed by atoms with Crippen LogP contribution >= 0.6 is 0 Å². The van der Waals surface area contributed by atoms with Crippen molar-refractivity contribution < 1.29 is 9.47 Å². The maximum Gasteiger partial charge on any atom is 0.145 e. The van der Waals surface area contributed by atoms with Crippen LogP contribution in [0.1, 0.15) is 5.56 Å². The van der Waals surface area contributed by atoms with Crippen LogP contribution in [0.25, 0.3) is 0 Å². The third kappa shape index (κ3) is 3.65. The van der Waals surface area contributed by atoms with E-state index in [0.717, 1.165) is 30.2 Å². The number of methoxy groups -OCH3 is 2. The van der Waals surface area contributed by atoms with Crippen molar-refractivity contribution in [2.75, 3.05) is 26.1 Å². The number of nitrogens with one attached hydrogen (secondary N) is 1. The Morgan fingerprint density at radius 1 is 0.947 bits per heavy atom. The van der Waals surface area contributed by atoms with Gasteiger partial charge in [0.05, 0.1) is 19.9 Å². The van der Waals surface area contributed by atoms with Gasteiger partial charge in [0.2, 0.25) is 0 Å². The number of ether oxygens (including phenoxy) is 2. The highest BCUT2D eigenvalue weighted by atomic mass is 16.5. The van der Waals surface area contributed by atoms with E-state index in [4.69, 9.17) is 9.47 Å². The Bertz CT molecular complexity index is 511. The molecule has 0 aliphatic carbocycles. The molecule has 0 bridgehead atoms. The first-order valence-electron chi connectivity index (χ1n) is 6.33. The predicted octanol–water partition coefficient (Wildman–Crippen LogP) is 3.36. The van der Waals surface area contributed by atoms with Crippen LogP contribution in [0.15, 0.2) is 48.5 Å². The van der Waals surface area contributed by atoms with Gasteiger partial charge in [-0.1, -0.05) is 30.3 Å². The average Bonchev–Trinajstić information content (AvgIpc) is 2.48. The topological polar surface area (TPSA) is 30.5 Å². The summed E-state index contributed by atoms with van der Waals surface area (Å²) >= 11 is 0. The van der Waals surface area contributed by atoms with Crippen molar-refractivity contribution >= 4 is 5.69 Å². The largest absolute Gasteiger partial charge is 0.497 e. The number of anilines is 1. The summed E-state index contributed by atoms with van der Waals surface area (Å²) in [5, 5.41) is 3.38. The highest BCUT2D eigenvalue weighted by Gasteiger charge is 2.04. The van der Waals surface area contributed by atoms with Crippen molar-refractivity contribution in [1.29, 1.82) is 0 Å². The molecule has 0 radical (unpaired) electrons. The van der Waals surface area contributed by atoms with Crippen LogP contribution in [-0.4, -0.2) is 20.8 Å². The minimum atomic E-state index is 0.797. The van der Waals surface area contributed by atoms with E-state index >= 15 is 0 Å². The summed E-state index contributed by atoms with van der Waals surface area (Å²) in [5.41, 5.74) is 2.31. The summed E-state index contributed by atoms with van der Waals surface area (Å²) in [6, 6.07) is 16.2. The molecular formula is C16H19NO2. The zero-order valence-electron chi connectivity index (χ0n) is 11.3. The fourth-order valence-electron chi connectivity index (χ4n) is 1.93. The smallest absolute Gasteiger partial charge is 0.145 e. The van der Waals surface area contributed by atoms with E-state index < -0.39 is 0 Å². The number of hydrogen-bond acceptors (Lipinski definition) is 3. The molecule has 3 heteroatoms. The summed E-state index contributed by atoms with van der Waals surface area (Å²) in [5.74, 6) is 1.60. The molecular weight excluding hydrogens is 238 g/mol. The second kappa shape index (κ2) is 6.69. The van der Waals surface area contributed by atoms with Crippen molar-refractivity contribution in [1.82, 2.24) is 0 Å². The zero-order valence-corrected chi connectivity index (χ0v) is 11.3. The van der Waals surface area contributed by atoms with E-state index in [-0.39, 0.29) is 0 Å². The van der Waals surface area contributed by atoms with Crippen molar-refractivity contribution in [2.24, 2.45) is 0 Å². The van der Waals surface area contributed by atoms with Crippen LogP contribution in [0.3, 0.4) is 0 Å². The van der Waals surface area contributed by atoms with E-state index in [9.17, 15) is 0 Å². The second-order valence-corrected chi connectivity index (χ2v) is 4.23. The lowest BCUT2D eigenvalue weighted by atomic mass is 10.1. The maximum atomic E-state index is 5.35. The molecule has 1 N–H and O–H groups in total. The van der Waals surface area contributed by atoms with Gasteiger partial charge in [-0.2, -0.15) is 0 Å². The van der Waals surface area contributed by atoms with Crippen molar-refractivity contribution in [3.05, 3.63) is 54.1 Å². The minimum absolute atomic E-state index is 0.797. The Morgan fingerprint density at radius 3 is 2.42 bits per heavy atom. The SMILES string of the molecule is COc1ccc(NCCc2ccccc2)c(OC)c1. The average molecular weight is 257 g/mol. The van der Waals surface area contributed by atoms with Crippen LogP contribution in [0.5, 0.6) is 11.5 Å². The lowest BCUT2D eigenvalue weighted by Crippen LogP contribution is -2.06. The third-order valence-corrected chi connectivity index (χ3v) is 2.98. The van der Waals surface area contributed by atoms with Crippen LogP contribution in [-0.2, 0) is 6.42 Å². The summed E-state index contributed by atoms with van der Waals surface area (Å²) in [4.78, 5) is 0. The summed E-state index contributed by atoms with van der Waals surface area (Å²) in [7, 11) is 3.31. The summed E-state index contributed by atoms with van der Waals surface area (Å²) in [6.45, 7) is 0.868. The van der Waals surface area contributed by atoms with Crippen molar-refractivity contribution in [3.63, 3.8) is 0 Å². The zero-order chi connectivity index (χ0) is 13.5. The molecule has 0 saturated heterocycles. The van der Waals surface area contributed by atoms with Gasteiger partial charge < -0.3 is 14.8 Å². The molecule has 19 heavy (non-hydrogen) atoms. The Kier molecular flexibility index (Phi) is 4.67. The molecule has 0 aliphatic rings. The Morgan fingerprint density at radius 2 is 1.74 bits per heavy atom. The van der Waals surface area contributed by atoms with Gasteiger partial charge in [-0.3, -0.25) is 0 Å². The van der Waals surface area contributed by atoms with Crippen LogP contribution in [0.4, 0.5) is 5.69 Å². The van der Waals surface area contributed by atoms with E-state index in [0.29, 0.717) is 0 Å². The number of hydrogen-bond donors (Lipinski definition) is 1. The molecule has 2 aromatic carbocycles. The molecule has 0 heterocycles. The lowest BCUT2D eigenvalue weighted by molar-refractivity contribution is 0.395. The van der Waals surface area contributed by atoms with Gasteiger partial charge in [0, 0.05) is 12.6 Å². The predicted molar refractivity (Wildman–Crippen MR) is 78.2 cm³/mol. The van der Waals surface area contributed by atoms with E-state index in [1.165, 1.54) is 5.56 Å². The van der Waals surface area contributed by atoms with Gasteiger partial charge >= 0.3 is 0 Å².